The quantitative estimate of drug-likeness (QED) is 0.573. The van der Waals surface area contributed by atoms with E-state index in [1.165, 1.54) is 18.2 Å². The molecule has 1 N–H and O–H groups in total. The van der Waals surface area contributed by atoms with Gasteiger partial charge in [0.05, 0.1) is 5.56 Å². The van der Waals surface area contributed by atoms with Gasteiger partial charge in [0.15, 0.2) is 18.1 Å². The smallest absolute Gasteiger partial charge is 0.341 e. The Hall–Kier alpha value is -3.42. The number of hydrogen-bond donors (Lipinski definition) is 1. The van der Waals surface area contributed by atoms with Crippen molar-refractivity contribution >= 4 is 18.0 Å². The van der Waals surface area contributed by atoms with E-state index < -0.39 is 30.8 Å². The number of aliphatic carboxylic acids is 1. The molecule has 0 bridgehead atoms. The highest BCUT2D eigenvalue weighted by Crippen LogP contribution is 2.30. The van der Waals surface area contributed by atoms with E-state index in [-0.39, 0.29) is 29.4 Å². The molecule has 2 aromatic rings. The van der Waals surface area contributed by atoms with Crippen LogP contribution in [-0.2, 0) is 16.2 Å². The van der Waals surface area contributed by atoms with Crippen LogP contribution in [0.15, 0.2) is 42.5 Å². The molecule has 0 aromatic heterocycles. The van der Waals surface area contributed by atoms with E-state index in [1.54, 1.807) is 23.1 Å². The highest BCUT2D eigenvalue weighted by Gasteiger charge is 2.13. The summed E-state index contributed by atoms with van der Waals surface area (Å²) >= 11 is 0. The van der Waals surface area contributed by atoms with Gasteiger partial charge in [-0.05, 0) is 43.7 Å². The highest BCUT2D eigenvalue weighted by molar-refractivity contribution is 5.78. The first-order valence-electron chi connectivity index (χ1n) is 9.84. The molecule has 0 fully saturated rings. The first-order chi connectivity index (χ1) is 14.8. The first-order valence-corrected chi connectivity index (χ1v) is 9.84. The molecule has 1 amide bonds. The van der Waals surface area contributed by atoms with Gasteiger partial charge in [0.1, 0.15) is 18.2 Å². The van der Waals surface area contributed by atoms with Gasteiger partial charge in [-0.1, -0.05) is 24.3 Å². The minimum Gasteiger partial charge on any atom is -0.485 e. The molecule has 0 aliphatic rings. The van der Waals surface area contributed by atoms with Crippen LogP contribution in [0.1, 0.15) is 31.4 Å². The van der Waals surface area contributed by atoms with Crippen molar-refractivity contribution in [3.8, 4) is 11.5 Å². The van der Waals surface area contributed by atoms with Gasteiger partial charge in [-0.15, -0.1) is 0 Å². The number of carbonyl (C=O) groups is 2. The minimum absolute atomic E-state index is 0.00420. The summed E-state index contributed by atoms with van der Waals surface area (Å²) < 4.78 is 38.4. The molecule has 8 heteroatoms. The maximum absolute atomic E-state index is 13.8. The van der Waals surface area contributed by atoms with Crippen LogP contribution in [0.2, 0.25) is 0 Å². The zero-order valence-electron chi connectivity index (χ0n) is 17.4. The van der Waals surface area contributed by atoms with Gasteiger partial charge in [0.2, 0.25) is 5.91 Å². The second-order valence-corrected chi connectivity index (χ2v) is 6.55. The summed E-state index contributed by atoms with van der Waals surface area (Å²) in [6.07, 6.45) is 3.62. The molecule has 166 valence electrons. The molecule has 0 aliphatic carbocycles. The van der Waals surface area contributed by atoms with Gasteiger partial charge in [-0.3, -0.25) is 4.79 Å². The fraction of sp³-hybridized carbons (Fsp3) is 0.304. The molecular weight excluding hydrogens is 408 g/mol. The summed E-state index contributed by atoms with van der Waals surface area (Å²) in [5, 5.41) is 8.90. The van der Waals surface area contributed by atoms with Crippen LogP contribution in [0.3, 0.4) is 0 Å². The Morgan fingerprint density at radius 2 is 1.71 bits per heavy atom. The van der Waals surface area contributed by atoms with Gasteiger partial charge < -0.3 is 19.5 Å². The third-order valence-corrected chi connectivity index (χ3v) is 4.47. The maximum Gasteiger partial charge on any atom is 0.341 e. The topological polar surface area (TPSA) is 76.1 Å². The van der Waals surface area contributed by atoms with Crippen molar-refractivity contribution < 1.29 is 33.0 Å². The Morgan fingerprint density at radius 1 is 1.03 bits per heavy atom. The number of hydrogen-bond acceptors (Lipinski definition) is 4. The molecule has 0 radical (unpaired) electrons. The van der Waals surface area contributed by atoms with Gasteiger partial charge in [0, 0.05) is 19.5 Å². The second kappa shape index (κ2) is 11.7. The number of amides is 1. The molecular formula is C23H25F2NO5. The van der Waals surface area contributed by atoms with E-state index in [2.05, 4.69) is 0 Å². The van der Waals surface area contributed by atoms with Crippen molar-refractivity contribution in [1.29, 1.82) is 0 Å². The van der Waals surface area contributed by atoms with E-state index in [0.717, 1.165) is 12.1 Å². The zero-order chi connectivity index (χ0) is 22.8. The number of halogens is 2. The van der Waals surface area contributed by atoms with Gasteiger partial charge >= 0.3 is 5.97 Å². The number of benzene rings is 2. The van der Waals surface area contributed by atoms with E-state index >= 15 is 0 Å². The first kappa shape index (κ1) is 23.9. The van der Waals surface area contributed by atoms with Crippen LogP contribution in [0.25, 0.3) is 6.08 Å². The lowest BCUT2D eigenvalue weighted by Gasteiger charge is -2.17. The summed E-state index contributed by atoms with van der Waals surface area (Å²) in [4.78, 5) is 24.7. The monoisotopic (exact) mass is 433 g/mol. The Kier molecular flexibility index (Phi) is 8.99. The highest BCUT2D eigenvalue weighted by atomic mass is 19.1. The van der Waals surface area contributed by atoms with E-state index in [1.807, 2.05) is 13.8 Å². The van der Waals surface area contributed by atoms with Gasteiger partial charge in [-0.2, -0.15) is 0 Å². The maximum atomic E-state index is 13.8. The fourth-order valence-corrected chi connectivity index (χ4v) is 2.82. The van der Waals surface area contributed by atoms with E-state index in [4.69, 9.17) is 14.6 Å². The number of ether oxygens (including phenoxy) is 2. The molecule has 0 saturated carbocycles. The lowest BCUT2D eigenvalue weighted by molar-refractivity contribution is -0.139. The van der Waals surface area contributed by atoms with Crippen LogP contribution >= 0.6 is 0 Å². The number of rotatable bonds is 11. The lowest BCUT2D eigenvalue weighted by atomic mass is 10.1. The Morgan fingerprint density at radius 3 is 2.32 bits per heavy atom. The van der Waals surface area contributed by atoms with Crippen LogP contribution in [0.4, 0.5) is 8.78 Å². The molecule has 2 rings (SSSR count). The average Bonchev–Trinajstić information content (AvgIpc) is 2.73. The Balaban J connectivity index is 2.16. The zero-order valence-corrected chi connectivity index (χ0v) is 17.4. The molecule has 2 aromatic carbocycles. The standard InChI is InChI=1S/C23H25F2NO5/c1-3-26(4-2)22(27)10-5-7-16-11-12-20(21(13-16)31-15-23(28)29)30-14-17-18(24)8-6-9-19(17)25/h5-9,11-13H,3-4,10,14-15H2,1-2H3,(H,28,29). The van der Waals surface area contributed by atoms with Crippen molar-refractivity contribution in [2.24, 2.45) is 0 Å². The largest absolute Gasteiger partial charge is 0.485 e. The summed E-state index contributed by atoms with van der Waals surface area (Å²) in [5.74, 6) is -2.43. The third-order valence-electron chi connectivity index (χ3n) is 4.47. The predicted octanol–water partition coefficient (Wildman–Crippen LogP) is 4.28. The molecule has 0 spiro atoms. The van der Waals surface area contributed by atoms with Crippen molar-refractivity contribution in [2.45, 2.75) is 26.9 Å². The molecule has 6 nitrogen and oxygen atoms in total. The second-order valence-electron chi connectivity index (χ2n) is 6.55. The summed E-state index contributed by atoms with van der Waals surface area (Å²) in [7, 11) is 0. The van der Waals surface area contributed by atoms with Crippen molar-refractivity contribution in [3.63, 3.8) is 0 Å². The molecule has 0 unspecified atom stereocenters. The summed E-state index contributed by atoms with van der Waals surface area (Å²) in [6, 6.07) is 8.21. The third kappa shape index (κ3) is 7.09. The van der Waals surface area contributed by atoms with Crippen LogP contribution < -0.4 is 9.47 Å². The van der Waals surface area contributed by atoms with E-state index in [9.17, 15) is 18.4 Å². The SMILES string of the molecule is CCN(CC)C(=O)CC=Cc1ccc(OCc2c(F)cccc2F)c(OCC(=O)O)c1. The minimum atomic E-state index is -1.18. The average molecular weight is 433 g/mol. The van der Waals surface area contributed by atoms with Crippen molar-refractivity contribution in [2.75, 3.05) is 19.7 Å². The number of nitrogens with zero attached hydrogens (tertiary/aromatic N) is 1. The van der Waals surface area contributed by atoms with Crippen LogP contribution in [-0.4, -0.2) is 41.6 Å². The van der Waals surface area contributed by atoms with Crippen molar-refractivity contribution in [1.82, 2.24) is 4.90 Å². The molecule has 31 heavy (non-hydrogen) atoms. The lowest BCUT2D eigenvalue weighted by Crippen LogP contribution is -2.29. The Labute approximate surface area is 179 Å². The van der Waals surface area contributed by atoms with Crippen LogP contribution in [0.5, 0.6) is 11.5 Å². The van der Waals surface area contributed by atoms with Gasteiger partial charge in [-0.25, -0.2) is 13.6 Å². The number of carboxylic acid groups (broad SMARTS) is 1. The molecule has 0 aliphatic heterocycles. The summed E-state index contributed by atoms with van der Waals surface area (Å²) in [6.45, 7) is 4.07. The van der Waals surface area contributed by atoms with E-state index in [0.29, 0.717) is 18.7 Å². The predicted molar refractivity (Wildman–Crippen MR) is 112 cm³/mol. The van der Waals surface area contributed by atoms with Gasteiger partial charge in [0.25, 0.3) is 0 Å². The molecule has 0 atom stereocenters. The number of carbonyl (C=O) groups excluding carboxylic acids is 1. The summed E-state index contributed by atoms with van der Waals surface area (Å²) in [5.41, 5.74) is 0.405. The van der Waals surface area contributed by atoms with Crippen LogP contribution in [0, 0.1) is 11.6 Å². The normalized spacial score (nSPS) is 10.8. The Bertz CT molecular complexity index is 921. The fourth-order valence-electron chi connectivity index (χ4n) is 2.82. The van der Waals surface area contributed by atoms with Crippen molar-refractivity contribution in [3.05, 3.63) is 65.2 Å². The molecule has 0 heterocycles. The molecule has 0 saturated heterocycles. The number of carboxylic acids is 1.